The lowest BCUT2D eigenvalue weighted by Gasteiger charge is -2.16. The maximum Gasteiger partial charge on any atom is 0.168 e. The highest BCUT2D eigenvalue weighted by molar-refractivity contribution is 5.74. The Morgan fingerprint density at radius 2 is 1.88 bits per heavy atom. The second-order valence-electron chi connectivity index (χ2n) is 6.00. The van der Waals surface area contributed by atoms with Crippen LogP contribution in [0.3, 0.4) is 0 Å². The molecule has 0 saturated heterocycles. The lowest BCUT2D eigenvalue weighted by atomic mass is 10.0. The summed E-state index contributed by atoms with van der Waals surface area (Å²) in [5, 5.41) is 4.48. The Morgan fingerprint density at radius 1 is 1.12 bits per heavy atom. The molecule has 0 spiro atoms. The highest BCUT2D eigenvalue weighted by Crippen LogP contribution is 2.40. The van der Waals surface area contributed by atoms with Crippen molar-refractivity contribution in [3.63, 3.8) is 0 Å². The van der Waals surface area contributed by atoms with Crippen molar-refractivity contribution in [1.29, 1.82) is 0 Å². The van der Waals surface area contributed by atoms with Crippen LogP contribution in [0, 0.1) is 0 Å². The zero-order valence-electron chi connectivity index (χ0n) is 14.8. The summed E-state index contributed by atoms with van der Waals surface area (Å²) in [6.45, 7) is 2.66. The lowest BCUT2D eigenvalue weighted by Crippen LogP contribution is -2.06. The van der Waals surface area contributed by atoms with Gasteiger partial charge in [-0.25, -0.2) is 0 Å². The molecule has 5 nitrogen and oxygen atoms in total. The van der Waals surface area contributed by atoms with Gasteiger partial charge >= 0.3 is 0 Å². The quantitative estimate of drug-likeness (QED) is 0.746. The Hall–Kier alpha value is -2.79. The van der Waals surface area contributed by atoms with Crippen LogP contribution in [0.5, 0.6) is 11.5 Å². The summed E-state index contributed by atoms with van der Waals surface area (Å²) < 4.78 is 13.0. The molecule has 0 radical (unpaired) electrons. The van der Waals surface area contributed by atoms with E-state index >= 15 is 0 Å². The number of aromatic nitrogens is 2. The van der Waals surface area contributed by atoms with Crippen molar-refractivity contribution in [2.24, 2.45) is 5.73 Å². The van der Waals surface area contributed by atoms with Crippen LogP contribution in [0.1, 0.15) is 24.1 Å². The van der Waals surface area contributed by atoms with Crippen LogP contribution in [0.4, 0.5) is 0 Å². The van der Waals surface area contributed by atoms with E-state index in [1.165, 1.54) is 5.56 Å². The monoisotopic (exact) mass is 337 g/mol. The molecule has 0 amide bonds. The zero-order valence-corrected chi connectivity index (χ0v) is 14.8. The lowest BCUT2D eigenvalue weighted by molar-refractivity contribution is 0.355. The molecule has 2 N–H and O–H groups in total. The first-order valence-electron chi connectivity index (χ1n) is 8.20. The molecular weight excluding hydrogens is 314 g/mol. The number of nitrogens with two attached hydrogens (primary N) is 1. The van der Waals surface area contributed by atoms with Crippen LogP contribution in [-0.2, 0) is 6.54 Å². The molecule has 1 unspecified atom stereocenters. The van der Waals surface area contributed by atoms with Crippen LogP contribution in [-0.4, -0.2) is 24.0 Å². The fourth-order valence-electron chi connectivity index (χ4n) is 2.82. The molecule has 0 aliphatic heterocycles. The van der Waals surface area contributed by atoms with Crippen LogP contribution in [0.2, 0.25) is 0 Å². The topological polar surface area (TPSA) is 62.3 Å². The highest BCUT2D eigenvalue weighted by atomic mass is 16.5. The highest BCUT2D eigenvalue weighted by Gasteiger charge is 2.17. The summed E-state index contributed by atoms with van der Waals surface area (Å²) >= 11 is 0. The molecule has 1 atom stereocenters. The average molecular weight is 337 g/mol. The molecule has 0 aliphatic carbocycles. The zero-order chi connectivity index (χ0) is 17.8. The number of hydrogen-bond donors (Lipinski definition) is 1. The van der Waals surface area contributed by atoms with Crippen molar-refractivity contribution in [1.82, 2.24) is 9.78 Å². The normalized spacial score (nSPS) is 12.0. The second kappa shape index (κ2) is 7.40. The number of benzene rings is 2. The smallest absolute Gasteiger partial charge is 0.168 e. The third-order valence-electron chi connectivity index (χ3n) is 4.16. The summed E-state index contributed by atoms with van der Waals surface area (Å²) in [7, 11) is 3.27. The minimum absolute atomic E-state index is 0.0991. The largest absolute Gasteiger partial charge is 0.493 e. The van der Waals surface area contributed by atoms with Gasteiger partial charge in [-0.15, -0.1) is 0 Å². The Kier molecular flexibility index (Phi) is 5.05. The Morgan fingerprint density at radius 3 is 2.52 bits per heavy atom. The first kappa shape index (κ1) is 17.0. The van der Waals surface area contributed by atoms with Gasteiger partial charge in [-0.2, -0.15) is 5.10 Å². The van der Waals surface area contributed by atoms with E-state index < -0.39 is 0 Å². The van der Waals surface area contributed by atoms with Crippen molar-refractivity contribution in [3.8, 4) is 22.6 Å². The maximum absolute atomic E-state index is 6.07. The average Bonchev–Trinajstić information content (AvgIpc) is 3.09. The van der Waals surface area contributed by atoms with Crippen LogP contribution >= 0.6 is 0 Å². The van der Waals surface area contributed by atoms with Gasteiger partial charge in [0, 0.05) is 23.4 Å². The van der Waals surface area contributed by atoms with E-state index in [2.05, 4.69) is 17.2 Å². The summed E-state index contributed by atoms with van der Waals surface area (Å²) in [5.74, 6) is 1.36. The summed E-state index contributed by atoms with van der Waals surface area (Å²) in [6.07, 6.45) is 3.85. The molecular formula is C20H23N3O2. The van der Waals surface area contributed by atoms with Gasteiger partial charge in [-0.1, -0.05) is 30.3 Å². The molecule has 2 aromatic carbocycles. The van der Waals surface area contributed by atoms with Crippen molar-refractivity contribution < 1.29 is 9.47 Å². The number of rotatable bonds is 6. The molecule has 1 heterocycles. The van der Waals surface area contributed by atoms with E-state index in [1.54, 1.807) is 14.2 Å². The predicted molar refractivity (Wildman–Crippen MR) is 98.9 cm³/mol. The summed E-state index contributed by atoms with van der Waals surface area (Å²) in [5.41, 5.74) is 10.1. The van der Waals surface area contributed by atoms with E-state index in [0.29, 0.717) is 18.0 Å². The number of hydrogen-bond acceptors (Lipinski definition) is 4. The van der Waals surface area contributed by atoms with Gasteiger partial charge in [-0.05, 0) is 30.2 Å². The first-order chi connectivity index (χ1) is 12.1. The Balaban J connectivity index is 1.99. The Labute approximate surface area is 148 Å². The van der Waals surface area contributed by atoms with Crippen LogP contribution in [0.15, 0.2) is 54.9 Å². The van der Waals surface area contributed by atoms with E-state index in [4.69, 9.17) is 15.2 Å². The van der Waals surface area contributed by atoms with E-state index in [9.17, 15) is 0 Å². The third-order valence-corrected chi connectivity index (χ3v) is 4.16. The maximum atomic E-state index is 6.07. The second-order valence-corrected chi connectivity index (χ2v) is 6.00. The first-order valence-corrected chi connectivity index (χ1v) is 8.20. The molecule has 5 heteroatoms. The molecule has 0 aliphatic rings. The number of ether oxygens (including phenoxy) is 2. The molecule has 0 fully saturated rings. The molecule has 25 heavy (non-hydrogen) atoms. The van der Waals surface area contributed by atoms with Gasteiger partial charge in [0.25, 0.3) is 0 Å². The number of methoxy groups -OCH3 is 2. The van der Waals surface area contributed by atoms with Gasteiger partial charge in [0.1, 0.15) is 0 Å². The molecule has 130 valence electrons. The van der Waals surface area contributed by atoms with Gasteiger partial charge < -0.3 is 15.2 Å². The van der Waals surface area contributed by atoms with Crippen molar-refractivity contribution in [2.75, 3.05) is 14.2 Å². The minimum atomic E-state index is -0.0991. The van der Waals surface area contributed by atoms with Gasteiger partial charge in [-0.3, -0.25) is 4.68 Å². The van der Waals surface area contributed by atoms with Gasteiger partial charge in [0.05, 0.1) is 27.0 Å². The predicted octanol–water partition coefficient (Wildman–Crippen LogP) is 3.64. The molecule has 3 aromatic rings. The standard InChI is InChI=1S/C20H23N3O2/c1-14(21)16-9-18(20(25-3)19(10-16)24-2)17-11-22-23(13-17)12-15-7-5-4-6-8-15/h4-11,13-14H,12,21H2,1-3H3. The summed E-state index contributed by atoms with van der Waals surface area (Å²) in [4.78, 5) is 0. The fourth-order valence-corrected chi connectivity index (χ4v) is 2.82. The van der Waals surface area contributed by atoms with E-state index in [-0.39, 0.29) is 6.04 Å². The molecule has 1 aromatic heterocycles. The number of nitrogens with zero attached hydrogens (tertiary/aromatic N) is 2. The van der Waals surface area contributed by atoms with Crippen molar-refractivity contribution in [3.05, 3.63) is 66.0 Å². The SMILES string of the molecule is COc1cc(C(C)N)cc(-c2cnn(Cc3ccccc3)c2)c1OC. The van der Waals surface area contributed by atoms with Crippen LogP contribution in [0.25, 0.3) is 11.1 Å². The Bertz CT molecular complexity index is 841. The van der Waals surface area contributed by atoms with Gasteiger partial charge in [0.2, 0.25) is 0 Å². The van der Waals surface area contributed by atoms with Gasteiger partial charge in [0.15, 0.2) is 11.5 Å². The van der Waals surface area contributed by atoms with Crippen molar-refractivity contribution in [2.45, 2.75) is 19.5 Å². The minimum Gasteiger partial charge on any atom is -0.493 e. The molecule has 3 rings (SSSR count). The van der Waals surface area contributed by atoms with Crippen molar-refractivity contribution >= 4 is 0 Å². The molecule has 0 bridgehead atoms. The third kappa shape index (κ3) is 3.67. The van der Waals surface area contributed by atoms with E-state index in [1.807, 2.05) is 54.3 Å². The summed E-state index contributed by atoms with van der Waals surface area (Å²) in [6, 6.07) is 14.1. The van der Waals surface area contributed by atoms with Crippen LogP contribution < -0.4 is 15.2 Å². The van der Waals surface area contributed by atoms with E-state index in [0.717, 1.165) is 16.7 Å². The molecule has 0 saturated carbocycles. The fraction of sp³-hybridized carbons (Fsp3) is 0.250.